The Morgan fingerprint density at radius 2 is 2.10 bits per heavy atom. The Morgan fingerprint density at radius 3 is 2.80 bits per heavy atom. The first-order chi connectivity index (χ1) is 9.78. The summed E-state index contributed by atoms with van der Waals surface area (Å²) in [6.45, 7) is 3.83. The van der Waals surface area contributed by atoms with E-state index in [0.717, 1.165) is 25.5 Å². The Kier molecular flexibility index (Phi) is 5.62. The minimum atomic E-state index is 0.821. The number of guanidine groups is 1. The van der Waals surface area contributed by atoms with Gasteiger partial charge in [-0.25, -0.2) is 0 Å². The third kappa shape index (κ3) is 4.70. The van der Waals surface area contributed by atoms with Crippen molar-refractivity contribution in [2.24, 2.45) is 4.99 Å². The van der Waals surface area contributed by atoms with Crippen LogP contribution in [0.4, 0.5) is 0 Å². The van der Waals surface area contributed by atoms with E-state index in [1.165, 1.54) is 16.0 Å². The van der Waals surface area contributed by atoms with Gasteiger partial charge < -0.3 is 10.6 Å². The highest BCUT2D eigenvalue weighted by Crippen LogP contribution is 2.07. The van der Waals surface area contributed by atoms with Crippen molar-refractivity contribution in [2.45, 2.75) is 19.9 Å². The molecule has 1 heterocycles. The average molecular weight is 287 g/mol. The van der Waals surface area contributed by atoms with Gasteiger partial charge in [-0.3, -0.25) is 4.99 Å². The number of nitrogens with one attached hydrogen (secondary N) is 2. The number of nitrogens with zero attached hydrogens (tertiary/aromatic N) is 1. The third-order valence-electron chi connectivity index (χ3n) is 3.02. The Bertz CT molecular complexity index is 547. The van der Waals surface area contributed by atoms with E-state index < -0.39 is 0 Å². The standard InChI is InChI=1S/C16H21N3S/c1-13-5-3-6-14(11-13)8-9-18-16(17-2)19-12-15-7-4-10-20-15/h3-7,10-11H,8-9,12H2,1-2H3,(H2,17,18,19). The van der Waals surface area contributed by atoms with Crippen LogP contribution in [0.5, 0.6) is 0 Å². The summed E-state index contributed by atoms with van der Waals surface area (Å²) >= 11 is 1.75. The van der Waals surface area contributed by atoms with Crippen molar-refractivity contribution in [3.05, 3.63) is 57.8 Å². The van der Waals surface area contributed by atoms with Gasteiger partial charge in [-0.1, -0.05) is 35.9 Å². The zero-order valence-corrected chi connectivity index (χ0v) is 12.8. The van der Waals surface area contributed by atoms with Crippen LogP contribution in [0.1, 0.15) is 16.0 Å². The zero-order chi connectivity index (χ0) is 14.2. The van der Waals surface area contributed by atoms with Gasteiger partial charge in [0.2, 0.25) is 0 Å². The Balaban J connectivity index is 1.74. The molecule has 0 amide bonds. The van der Waals surface area contributed by atoms with E-state index in [0.29, 0.717) is 0 Å². The second-order valence-corrected chi connectivity index (χ2v) is 5.70. The van der Waals surface area contributed by atoms with Crippen molar-refractivity contribution in [2.75, 3.05) is 13.6 Å². The summed E-state index contributed by atoms with van der Waals surface area (Å²) in [5.41, 5.74) is 2.66. The van der Waals surface area contributed by atoms with Crippen LogP contribution in [0.25, 0.3) is 0 Å². The highest BCUT2D eigenvalue weighted by atomic mass is 32.1. The molecule has 0 spiro atoms. The molecule has 1 aromatic heterocycles. The normalized spacial score (nSPS) is 11.4. The molecule has 2 N–H and O–H groups in total. The summed E-state index contributed by atoms with van der Waals surface area (Å²) in [7, 11) is 1.80. The van der Waals surface area contributed by atoms with Crippen LogP contribution in [0.2, 0.25) is 0 Å². The van der Waals surface area contributed by atoms with E-state index in [-0.39, 0.29) is 0 Å². The van der Waals surface area contributed by atoms with Gasteiger partial charge in [0, 0.05) is 18.5 Å². The Labute approximate surface area is 124 Å². The molecule has 2 aromatic rings. The first kappa shape index (κ1) is 14.6. The molecule has 0 radical (unpaired) electrons. The first-order valence-electron chi connectivity index (χ1n) is 6.80. The average Bonchev–Trinajstić information content (AvgIpc) is 2.96. The van der Waals surface area contributed by atoms with Crippen LogP contribution in [-0.4, -0.2) is 19.6 Å². The van der Waals surface area contributed by atoms with E-state index in [4.69, 9.17) is 0 Å². The van der Waals surface area contributed by atoms with E-state index in [1.54, 1.807) is 18.4 Å². The molecular formula is C16H21N3S. The van der Waals surface area contributed by atoms with E-state index in [9.17, 15) is 0 Å². The molecule has 0 atom stereocenters. The summed E-state index contributed by atoms with van der Waals surface area (Å²) in [6.07, 6.45) is 1.00. The molecule has 0 saturated carbocycles. The van der Waals surface area contributed by atoms with Crippen molar-refractivity contribution in [1.29, 1.82) is 0 Å². The quantitative estimate of drug-likeness (QED) is 0.655. The monoisotopic (exact) mass is 287 g/mol. The summed E-state index contributed by atoms with van der Waals surface area (Å²) in [5.74, 6) is 0.853. The molecule has 0 bridgehead atoms. The lowest BCUT2D eigenvalue weighted by Crippen LogP contribution is -2.37. The summed E-state index contributed by atoms with van der Waals surface area (Å²) < 4.78 is 0. The fraction of sp³-hybridized carbons (Fsp3) is 0.312. The Morgan fingerprint density at radius 1 is 1.20 bits per heavy atom. The second-order valence-electron chi connectivity index (χ2n) is 4.67. The number of benzene rings is 1. The van der Waals surface area contributed by atoms with Gasteiger partial charge in [-0.2, -0.15) is 0 Å². The molecule has 0 fully saturated rings. The lowest BCUT2D eigenvalue weighted by atomic mass is 10.1. The van der Waals surface area contributed by atoms with Crippen molar-refractivity contribution in [1.82, 2.24) is 10.6 Å². The molecule has 0 saturated heterocycles. The maximum atomic E-state index is 4.24. The van der Waals surface area contributed by atoms with Crippen LogP contribution in [0, 0.1) is 6.92 Å². The fourth-order valence-electron chi connectivity index (χ4n) is 2.00. The maximum Gasteiger partial charge on any atom is 0.191 e. The molecule has 3 nitrogen and oxygen atoms in total. The number of aliphatic imine (C=N–C) groups is 1. The lowest BCUT2D eigenvalue weighted by Gasteiger charge is -2.11. The van der Waals surface area contributed by atoms with Crippen LogP contribution >= 0.6 is 11.3 Å². The van der Waals surface area contributed by atoms with Crippen LogP contribution in [0.15, 0.2) is 46.8 Å². The molecular weight excluding hydrogens is 266 g/mol. The molecule has 106 valence electrons. The van der Waals surface area contributed by atoms with E-state index in [1.807, 2.05) is 0 Å². The molecule has 0 aliphatic heterocycles. The largest absolute Gasteiger partial charge is 0.356 e. The third-order valence-corrected chi connectivity index (χ3v) is 3.90. The lowest BCUT2D eigenvalue weighted by molar-refractivity contribution is 0.799. The first-order valence-corrected chi connectivity index (χ1v) is 7.68. The van der Waals surface area contributed by atoms with Crippen LogP contribution in [0.3, 0.4) is 0 Å². The van der Waals surface area contributed by atoms with Crippen LogP contribution < -0.4 is 10.6 Å². The van der Waals surface area contributed by atoms with Crippen molar-refractivity contribution in [3.8, 4) is 0 Å². The van der Waals surface area contributed by atoms with Gasteiger partial charge in [-0.05, 0) is 30.4 Å². The highest BCUT2D eigenvalue weighted by Gasteiger charge is 1.99. The molecule has 2 rings (SSSR count). The van der Waals surface area contributed by atoms with E-state index in [2.05, 4.69) is 64.3 Å². The van der Waals surface area contributed by atoms with Gasteiger partial charge >= 0.3 is 0 Å². The summed E-state index contributed by atoms with van der Waals surface area (Å²) in [5, 5.41) is 8.75. The second kappa shape index (κ2) is 7.70. The van der Waals surface area contributed by atoms with E-state index >= 15 is 0 Å². The topological polar surface area (TPSA) is 36.4 Å². The highest BCUT2D eigenvalue weighted by molar-refractivity contribution is 7.09. The molecule has 4 heteroatoms. The number of rotatable bonds is 5. The van der Waals surface area contributed by atoms with Gasteiger partial charge in [0.1, 0.15) is 0 Å². The summed E-state index contributed by atoms with van der Waals surface area (Å²) in [4.78, 5) is 5.55. The van der Waals surface area contributed by atoms with Crippen molar-refractivity contribution in [3.63, 3.8) is 0 Å². The van der Waals surface area contributed by atoms with Crippen molar-refractivity contribution >= 4 is 17.3 Å². The number of hydrogen-bond acceptors (Lipinski definition) is 2. The number of aryl methyl sites for hydroxylation is 1. The molecule has 20 heavy (non-hydrogen) atoms. The number of hydrogen-bond donors (Lipinski definition) is 2. The zero-order valence-electron chi connectivity index (χ0n) is 12.0. The smallest absolute Gasteiger partial charge is 0.191 e. The maximum absolute atomic E-state index is 4.24. The van der Waals surface area contributed by atoms with Crippen molar-refractivity contribution < 1.29 is 0 Å². The molecule has 0 aliphatic rings. The molecule has 1 aromatic carbocycles. The minimum Gasteiger partial charge on any atom is -0.356 e. The minimum absolute atomic E-state index is 0.821. The van der Waals surface area contributed by atoms with Gasteiger partial charge in [0.05, 0.1) is 6.54 Å². The molecule has 0 unspecified atom stereocenters. The predicted molar refractivity (Wildman–Crippen MR) is 87.4 cm³/mol. The fourth-order valence-corrected chi connectivity index (χ4v) is 2.64. The van der Waals surface area contributed by atoms with Crippen LogP contribution in [-0.2, 0) is 13.0 Å². The van der Waals surface area contributed by atoms with Gasteiger partial charge in [-0.15, -0.1) is 11.3 Å². The predicted octanol–water partition coefficient (Wildman–Crippen LogP) is 2.96. The number of thiophene rings is 1. The molecule has 0 aliphatic carbocycles. The summed E-state index contributed by atoms with van der Waals surface area (Å²) in [6, 6.07) is 12.8. The Hall–Kier alpha value is -1.81. The van der Waals surface area contributed by atoms with Gasteiger partial charge in [0.15, 0.2) is 5.96 Å². The SMILES string of the molecule is CN=C(NCCc1cccc(C)c1)NCc1cccs1. The van der Waals surface area contributed by atoms with Gasteiger partial charge in [0.25, 0.3) is 0 Å².